The Morgan fingerprint density at radius 2 is 2.18 bits per heavy atom. The smallest absolute Gasteiger partial charge is 0.178 e. The molecule has 2 rings (SSSR count). The lowest BCUT2D eigenvalue weighted by atomic mass is 10.1. The van der Waals surface area contributed by atoms with Crippen LogP contribution < -0.4 is 0 Å². The van der Waals surface area contributed by atoms with Crippen molar-refractivity contribution in [3.05, 3.63) is 28.0 Å². The van der Waals surface area contributed by atoms with Crippen molar-refractivity contribution >= 4 is 34.9 Å². The molecule has 0 amide bonds. The third-order valence-electron chi connectivity index (χ3n) is 2.91. The van der Waals surface area contributed by atoms with Gasteiger partial charge in [-0.15, -0.1) is 0 Å². The zero-order valence-corrected chi connectivity index (χ0v) is 11.7. The molecule has 0 saturated heterocycles. The molecule has 4 heteroatoms. The molecule has 0 spiro atoms. The summed E-state index contributed by atoms with van der Waals surface area (Å²) in [7, 11) is 0. The predicted octanol–water partition coefficient (Wildman–Crippen LogP) is 4.79. The number of rotatable bonds is 4. The second-order valence-corrected chi connectivity index (χ2v) is 5.55. The Bertz CT molecular complexity index is 568. The minimum Gasteiger partial charge on any atom is -0.331 e. The van der Waals surface area contributed by atoms with Crippen LogP contribution in [0.15, 0.2) is 18.2 Å². The Labute approximate surface area is 112 Å². The van der Waals surface area contributed by atoms with E-state index in [0.717, 1.165) is 39.7 Å². The van der Waals surface area contributed by atoms with E-state index in [2.05, 4.69) is 23.4 Å². The standard InChI is InChI=1S/C13H17ClN2S/c1-9(2)5-4-8-16-12-10(14)6-3-7-11(12)15-13(16)17/h3,6-7,9H,4-5,8H2,1-2H3,(H,15,17). The van der Waals surface area contributed by atoms with Crippen LogP contribution in [0.2, 0.25) is 5.02 Å². The number of imidazole rings is 1. The maximum Gasteiger partial charge on any atom is 0.178 e. The van der Waals surface area contributed by atoms with Crippen LogP contribution in [0.5, 0.6) is 0 Å². The molecule has 1 aromatic carbocycles. The summed E-state index contributed by atoms with van der Waals surface area (Å²) >= 11 is 11.6. The van der Waals surface area contributed by atoms with Gasteiger partial charge in [0, 0.05) is 6.54 Å². The molecule has 0 radical (unpaired) electrons. The van der Waals surface area contributed by atoms with Gasteiger partial charge in [0.15, 0.2) is 4.77 Å². The molecule has 0 aliphatic rings. The lowest BCUT2D eigenvalue weighted by molar-refractivity contribution is 0.515. The number of aromatic nitrogens is 2. The molecule has 92 valence electrons. The van der Waals surface area contributed by atoms with Gasteiger partial charge in [0.2, 0.25) is 0 Å². The normalized spacial score (nSPS) is 11.5. The molecular formula is C13H17ClN2S. The van der Waals surface area contributed by atoms with Gasteiger partial charge in [0.1, 0.15) is 0 Å². The number of H-pyrrole nitrogens is 1. The maximum absolute atomic E-state index is 6.23. The van der Waals surface area contributed by atoms with Gasteiger partial charge in [-0.1, -0.05) is 31.5 Å². The largest absolute Gasteiger partial charge is 0.331 e. The monoisotopic (exact) mass is 268 g/mol. The van der Waals surface area contributed by atoms with Crippen LogP contribution in [0, 0.1) is 10.7 Å². The van der Waals surface area contributed by atoms with Crippen molar-refractivity contribution in [2.75, 3.05) is 0 Å². The van der Waals surface area contributed by atoms with Gasteiger partial charge < -0.3 is 9.55 Å². The van der Waals surface area contributed by atoms with E-state index in [1.54, 1.807) is 0 Å². The van der Waals surface area contributed by atoms with Crippen LogP contribution in [-0.4, -0.2) is 9.55 Å². The summed E-state index contributed by atoms with van der Waals surface area (Å²) in [6.07, 6.45) is 2.34. The van der Waals surface area contributed by atoms with Crippen LogP contribution in [0.3, 0.4) is 0 Å². The molecule has 0 saturated carbocycles. The highest BCUT2D eigenvalue weighted by Crippen LogP contribution is 2.23. The Morgan fingerprint density at radius 3 is 2.88 bits per heavy atom. The number of para-hydroxylation sites is 1. The molecule has 0 fully saturated rings. The molecule has 2 aromatic rings. The number of hydrogen-bond donors (Lipinski definition) is 1. The van der Waals surface area contributed by atoms with Gasteiger partial charge in [0.25, 0.3) is 0 Å². The Morgan fingerprint density at radius 1 is 1.41 bits per heavy atom. The van der Waals surface area contributed by atoms with Gasteiger partial charge in [-0.05, 0) is 43.1 Å². The average Bonchev–Trinajstić information content (AvgIpc) is 2.56. The molecule has 0 aliphatic carbocycles. The first kappa shape index (κ1) is 12.7. The number of fused-ring (bicyclic) bond motifs is 1. The second kappa shape index (κ2) is 5.23. The van der Waals surface area contributed by atoms with Crippen molar-refractivity contribution < 1.29 is 0 Å². The summed E-state index contributed by atoms with van der Waals surface area (Å²) in [5, 5.41) is 0.763. The molecule has 0 bridgehead atoms. The highest BCUT2D eigenvalue weighted by molar-refractivity contribution is 7.71. The van der Waals surface area contributed by atoms with Gasteiger partial charge in [0.05, 0.1) is 16.1 Å². The minimum absolute atomic E-state index is 0.727. The lowest BCUT2D eigenvalue weighted by Gasteiger charge is -2.07. The Balaban J connectivity index is 2.33. The number of halogens is 1. The van der Waals surface area contributed by atoms with Crippen LogP contribution in [-0.2, 0) is 6.54 Å². The summed E-state index contributed by atoms with van der Waals surface area (Å²) in [4.78, 5) is 3.20. The fraction of sp³-hybridized carbons (Fsp3) is 0.462. The fourth-order valence-electron chi connectivity index (χ4n) is 2.05. The third-order valence-corrected chi connectivity index (χ3v) is 3.53. The molecule has 0 aliphatic heterocycles. The van der Waals surface area contributed by atoms with E-state index in [1.807, 2.05) is 18.2 Å². The van der Waals surface area contributed by atoms with Crippen LogP contribution in [0.1, 0.15) is 26.7 Å². The van der Waals surface area contributed by atoms with Gasteiger partial charge in [-0.2, -0.15) is 0 Å². The first-order valence-electron chi connectivity index (χ1n) is 5.96. The van der Waals surface area contributed by atoms with Crippen LogP contribution in [0.4, 0.5) is 0 Å². The van der Waals surface area contributed by atoms with E-state index in [0.29, 0.717) is 0 Å². The van der Waals surface area contributed by atoms with Crippen molar-refractivity contribution in [1.82, 2.24) is 9.55 Å². The van der Waals surface area contributed by atoms with Gasteiger partial charge in [-0.25, -0.2) is 0 Å². The topological polar surface area (TPSA) is 20.7 Å². The highest BCUT2D eigenvalue weighted by Gasteiger charge is 2.07. The summed E-state index contributed by atoms with van der Waals surface area (Å²) in [6, 6.07) is 5.86. The highest BCUT2D eigenvalue weighted by atomic mass is 35.5. The average molecular weight is 269 g/mol. The molecule has 2 nitrogen and oxygen atoms in total. The molecule has 17 heavy (non-hydrogen) atoms. The first-order valence-corrected chi connectivity index (χ1v) is 6.75. The van der Waals surface area contributed by atoms with Crippen molar-refractivity contribution in [1.29, 1.82) is 0 Å². The van der Waals surface area contributed by atoms with Gasteiger partial charge in [-0.3, -0.25) is 0 Å². The molecule has 1 aromatic heterocycles. The molecule has 1 N–H and O–H groups in total. The number of nitrogens with one attached hydrogen (secondary N) is 1. The number of aromatic amines is 1. The lowest BCUT2D eigenvalue weighted by Crippen LogP contribution is -2.00. The second-order valence-electron chi connectivity index (χ2n) is 4.75. The van der Waals surface area contributed by atoms with Crippen molar-refractivity contribution in [2.45, 2.75) is 33.2 Å². The molecule has 1 heterocycles. The quantitative estimate of drug-likeness (QED) is 0.791. The summed E-state index contributed by atoms with van der Waals surface area (Å²) in [5.41, 5.74) is 2.05. The van der Waals surface area contributed by atoms with E-state index >= 15 is 0 Å². The van der Waals surface area contributed by atoms with Crippen LogP contribution in [0.25, 0.3) is 11.0 Å². The number of nitrogens with zero attached hydrogens (tertiary/aromatic N) is 1. The van der Waals surface area contributed by atoms with Crippen LogP contribution >= 0.6 is 23.8 Å². The van der Waals surface area contributed by atoms with Crippen molar-refractivity contribution in [3.8, 4) is 0 Å². The Hall–Kier alpha value is -0.800. The molecule has 0 unspecified atom stereocenters. The summed E-state index contributed by atoms with van der Waals surface area (Å²) in [5.74, 6) is 0.727. The SMILES string of the molecule is CC(C)CCCn1c(=S)[nH]c2cccc(Cl)c21. The number of aryl methyl sites for hydroxylation is 1. The van der Waals surface area contributed by atoms with Crippen molar-refractivity contribution in [3.63, 3.8) is 0 Å². The number of hydrogen-bond acceptors (Lipinski definition) is 1. The zero-order valence-electron chi connectivity index (χ0n) is 10.2. The Kier molecular flexibility index (Phi) is 3.89. The van der Waals surface area contributed by atoms with E-state index in [4.69, 9.17) is 23.8 Å². The van der Waals surface area contributed by atoms with E-state index in [9.17, 15) is 0 Å². The maximum atomic E-state index is 6.23. The van der Waals surface area contributed by atoms with Gasteiger partial charge >= 0.3 is 0 Å². The number of benzene rings is 1. The van der Waals surface area contributed by atoms with E-state index in [-0.39, 0.29) is 0 Å². The van der Waals surface area contributed by atoms with E-state index < -0.39 is 0 Å². The zero-order chi connectivity index (χ0) is 12.4. The molecule has 0 atom stereocenters. The molecular weight excluding hydrogens is 252 g/mol. The first-order chi connectivity index (χ1) is 8.09. The minimum atomic E-state index is 0.727. The predicted molar refractivity (Wildman–Crippen MR) is 76.2 cm³/mol. The van der Waals surface area contributed by atoms with E-state index in [1.165, 1.54) is 6.42 Å². The van der Waals surface area contributed by atoms with Crippen molar-refractivity contribution in [2.24, 2.45) is 5.92 Å². The fourth-order valence-corrected chi connectivity index (χ4v) is 2.61. The summed E-state index contributed by atoms with van der Waals surface area (Å²) < 4.78 is 2.87. The summed E-state index contributed by atoms with van der Waals surface area (Å²) in [6.45, 7) is 5.41. The third kappa shape index (κ3) is 2.72.